The molecule has 1 amide bonds. The third-order valence-corrected chi connectivity index (χ3v) is 6.24. The molecule has 2 heterocycles. The number of nitrogens with zero attached hydrogens (tertiary/aromatic N) is 1. The molecule has 1 aliphatic heterocycles. The standard InChI is InChI=1S/C23H23BrN4O/c24-15-5-6-16-18(13-15)22-19(17-3-1-2-4-21(17)27-22)14-20(16)23(29)26-9-12-28-10-7-25-8-11-28/h1-6,13-14,25,27H,7-12H2,(H,26,29). The second kappa shape index (κ2) is 7.78. The summed E-state index contributed by atoms with van der Waals surface area (Å²) in [6, 6.07) is 16.4. The van der Waals surface area contributed by atoms with Crippen LogP contribution >= 0.6 is 15.9 Å². The molecule has 0 radical (unpaired) electrons. The zero-order valence-corrected chi connectivity index (χ0v) is 17.7. The normalized spacial score (nSPS) is 15.3. The zero-order chi connectivity index (χ0) is 19.8. The van der Waals surface area contributed by atoms with E-state index in [1.54, 1.807) is 0 Å². The summed E-state index contributed by atoms with van der Waals surface area (Å²) in [6.07, 6.45) is 0. The molecule has 5 nitrogen and oxygen atoms in total. The predicted molar refractivity (Wildman–Crippen MR) is 123 cm³/mol. The van der Waals surface area contributed by atoms with Crippen LogP contribution in [0.15, 0.2) is 53.0 Å². The van der Waals surface area contributed by atoms with Gasteiger partial charge in [-0.1, -0.05) is 40.2 Å². The van der Waals surface area contributed by atoms with E-state index in [0.29, 0.717) is 6.54 Å². The maximum Gasteiger partial charge on any atom is 0.251 e. The van der Waals surface area contributed by atoms with Gasteiger partial charge in [-0.3, -0.25) is 9.69 Å². The van der Waals surface area contributed by atoms with Crippen molar-refractivity contribution in [2.24, 2.45) is 0 Å². The number of aromatic amines is 1. The molecule has 0 aliphatic carbocycles. The SMILES string of the molecule is O=C(NCCN1CCNCC1)c1cc2c3ccccc3[nH]c2c2cc(Br)ccc12. The molecule has 5 rings (SSSR count). The summed E-state index contributed by atoms with van der Waals surface area (Å²) in [6.45, 7) is 5.65. The van der Waals surface area contributed by atoms with Crippen LogP contribution in [0.4, 0.5) is 0 Å². The van der Waals surface area contributed by atoms with Crippen LogP contribution in [0.2, 0.25) is 0 Å². The molecule has 0 unspecified atom stereocenters. The minimum absolute atomic E-state index is 0.0142. The van der Waals surface area contributed by atoms with Crippen molar-refractivity contribution >= 4 is 54.4 Å². The Hall–Kier alpha value is -2.41. The summed E-state index contributed by atoms with van der Waals surface area (Å²) >= 11 is 3.58. The fraction of sp³-hybridized carbons (Fsp3) is 0.261. The van der Waals surface area contributed by atoms with Gasteiger partial charge in [0, 0.05) is 71.0 Å². The molecule has 1 fully saturated rings. The quantitative estimate of drug-likeness (QED) is 0.442. The minimum atomic E-state index is -0.0142. The molecular weight excluding hydrogens is 428 g/mol. The number of H-pyrrole nitrogens is 1. The number of benzene rings is 3. The Morgan fingerprint density at radius 3 is 2.66 bits per heavy atom. The maximum atomic E-state index is 13.1. The van der Waals surface area contributed by atoms with Crippen LogP contribution in [0, 0.1) is 0 Å². The van der Waals surface area contributed by atoms with Crippen molar-refractivity contribution < 1.29 is 4.79 Å². The van der Waals surface area contributed by atoms with Gasteiger partial charge in [-0.2, -0.15) is 0 Å². The monoisotopic (exact) mass is 450 g/mol. The molecule has 4 aromatic rings. The summed E-state index contributed by atoms with van der Waals surface area (Å²) in [5.74, 6) is -0.0142. The zero-order valence-electron chi connectivity index (χ0n) is 16.1. The average Bonchev–Trinajstić information content (AvgIpc) is 3.13. The lowest BCUT2D eigenvalue weighted by atomic mass is 9.99. The van der Waals surface area contributed by atoms with Crippen molar-refractivity contribution in [1.29, 1.82) is 0 Å². The largest absolute Gasteiger partial charge is 0.354 e. The molecule has 1 aliphatic rings. The van der Waals surface area contributed by atoms with Crippen LogP contribution in [0.25, 0.3) is 32.6 Å². The van der Waals surface area contributed by atoms with E-state index in [4.69, 9.17) is 0 Å². The van der Waals surface area contributed by atoms with Crippen molar-refractivity contribution in [1.82, 2.24) is 20.5 Å². The van der Waals surface area contributed by atoms with Crippen LogP contribution in [0.1, 0.15) is 10.4 Å². The van der Waals surface area contributed by atoms with E-state index in [9.17, 15) is 4.79 Å². The highest BCUT2D eigenvalue weighted by Gasteiger charge is 2.17. The van der Waals surface area contributed by atoms with Crippen molar-refractivity contribution in [2.75, 3.05) is 39.3 Å². The average molecular weight is 451 g/mol. The minimum Gasteiger partial charge on any atom is -0.354 e. The molecule has 0 atom stereocenters. The van der Waals surface area contributed by atoms with E-state index < -0.39 is 0 Å². The van der Waals surface area contributed by atoms with Crippen LogP contribution in [-0.2, 0) is 0 Å². The third kappa shape index (κ3) is 3.52. The molecule has 1 aromatic heterocycles. The fourth-order valence-electron chi connectivity index (χ4n) is 4.25. The van der Waals surface area contributed by atoms with Gasteiger partial charge >= 0.3 is 0 Å². The van der Waals surface area contributed by atoms with Gasteiger partial charge in [0.1, 0.15) is 0 Å². The number of hydrogen-bond acceptors (Lipinski definition) is 3. The Kier molecular flexibility index (Phi) is 4.99. The van der Waals surface area contributed by atoms with E-state index in [2.05, 4.69) is 54.6 Å². The maximum absolute atomic E-state index is 13.1. The Morgan fingerprint density at radius 1 is 1.00 bits per heavy atom. The van der Waals surface area contributed by atoms with E-state index >= 15 is 0 Å². The second-order valence-electron chi connectivity index (χ2n) is 7.55. The first-order chi connectivity index (χ1) is 14.2. The second-order valence-corrected chi connectivity index (χ2v) is 8.47. The highest BCUT2D eigenvalue weighted by molar-refractivity contribution is 9.10. The molecule has 3 aromatic carbocycles. The van der Waals surface area contributed by atoms with Gasteiger partial charge in [-0.25, -0.2) is 0 Å². The van der Waals surface area contributed by atoms with Gasteiger partial charge in [0.05, 0.1) is 5.52 Å². The van der Waals surface area contributed by atoms with Crippen molar-refractivity contribution in [3.8, 4) is 0 Å². The van der Waals surface area contributed by atoms with E-state index in [0.717, 1.165) is 75.3 Å². The number of aromatic nitrogens is 1. The summed E-state index contributed by atoms with van der Waals surface area (Å²) in [7, 11) is 0. The number of rotatable bonds is 4. The molecule has 0 spiro atoms. The van der Waals surface area contributed by atoms with Crippen molar-refractivity contribution in [3.63, 3.8) is 0 Å². The first kappa shape index (κ1) is 18.6. The number of fused-ring (bicyclic) bond motifs is 5. The highest BCUT2D eigenvalue weighted by Crippen LogP contribution is 2.34. The Morgan fingerprint density at radius 2 is 1.79 bits per heavy atom. The topological polar surface area (TPSA) is 60.2 Å². The van der Waals surface area contributed by atoms with E-state index in [1.165, 1.54) is 0 Å². The van der Waals surface area contributed by atoms with Crippen molar-refractivity contribution in [3.05, 3.63) is 58.6 Å². The summed E-state index contributed by atoms with van der Waals surface area (Å²) < 4.78 is 1.00. The lowest BCUT2D eigenvalue weighted by molar-refractivity contribution is 0.0949. The van der Waals surface area contributed by atoms with Crippen LogP contribution in [0.3, 0.4) is 0 Å². The summed E-state index contributed by atoms with van der Waals surface area (Å²) in [4.78, 5) is 19.0. The van der Waals surface area contributed by atoms with Crippen LogP contribution in [0.5, 0.6) is 0 Å². The lowest BCUT2D eigenvalue weighted by Crippen LogP contribution is -2.46. The molecule has 1 saturated heterocycles. The molecule has 0 bridgehead atoms. The molecule has 148 valence electrons. The third-order valence-electron chi connectivity index (χ3n) is 5.74. The van der Waals surface area contributed by atoms with Crippen LogP contribution < -0.4 is 10.6 Å². The highest BCUT2D eigenvalue weighted by atomic mass is 79.9. The van der Waals surface area contributed by atoms with Gasteiger partial charge in [0.25, 0.3) is 5.91 Å². The number of nitrogens with one attached hydrogen (secondary N) is 3. The van der Waals surface area contributed by atoms with Gasteiger partial charge in [0.15, 0.2) is 0 Å². The summed E-state index contributed by atoms with van der Waals surface area (Å²) in [5.41, 5.74) is 2.88. The Balaban J connectivity index is 1.53. The molecule has 29 heavy (non-hydrogen) atoms. The fourth-order valence-corrected chi connectivity index (χ4v) is 4.61. The van der Waals surface area contributed by atoms with E-state index in [1.807, 2.05) is 30.3 Å². The smallest absolute Gasteiger partial charge is 0.251 e. The Bertz CT molecular complexity index is 1210. The van der Waals surface area contributed by atoms with E-state index in [-0.39, 0.29) is 5.91 Å². The number of halogens is 1. The molecule has 3 N–H and O–H groups in total. The number of para-hydroxylation sites is 1. The van der Waals surface area contributed by atoms with Crippen molar-refractivity contribution in [2.45, 2.75) is 0 Å². The van der Waals surface area contributed by atoms with Gasteiger partial charge in [0.2, 0.25) is 0 Å². The van der Waals surface area contributed by atoms with Crippen LogP contribution in [-0.4, -0.2) is 55.1 Å². The number of amides is 1. The number of carbonyl (C=O) groups excluding carboxylic acids is 1. The van der Waals surface area contributed by atoms with Gasteiger partial charge in [-0.05, 0) is 29.7 Å². The first-order valence-electron chi connectivity index (χ1n) is 10.0. The molecule has 6 heteroatoms. The lowest BCUT2D eigenvalue weighted by Gasteiger charge is -2.27. The molecular formula is C23H23BrN4O. The summed E-state index contributed by atoms with van der Waals surface area (Å²) in [5, 5.41) is 10.7. The predicted octanol–water partition coefficient (Wildman–Crippen LogP) is 3.87. The van der Waals surface area contributed by atoms with Gasteiger partial charge in [-0.15, -0.1) is 0 Å². The first-order valence-corrected chi connectivity index (χ1v) is 10.8. The van der Waals surface area contributed by atoms with Gasteiger partial charge < -0.3 is 15.6 Å². The number of carbonyl (C=O) groups is 1. The number of hydrogen-bond donors (Lipinski definition) is 3. The molecule has 0 saturated carbocycles. The Labute approximate surface area is 177 Å². The number of piperazine rings is 1.